The van der Waals surface area contributed by atoms with E-state index >= 15 is 0 Å². The number of nitrogens with one attached hydrogen (secondary N) is 1. The Morgan fingerprint density at radius 1 is 0.475 bits per heavy atom. The minimum atomic E-state index is -0.796. The zero-order valence-electron chi connectivity index (χ0n) is 40.3. The summed E-state index contributed by atoms with van der Waals surface area (Å²) in [6, 6.07) is -0.712. The molecule has 0 aromatic carbocycles. The Morgan fingerprint density at radius 3 is 1.41 bits per heavy atom. The number of aliphatic hydroxyl groups is 2. The molecule has 6 nitrogen and oxygen atoms in total. The van der Waals surface area contributed by atoms with Gasteiger partial charge in [-0.2, -0.15) is 0 Å². The molecule has 0 radical (unpaired) electrons. The number of rotatable bonds is 46. The molecule has 0 bridgehead atoms. The van der Waals surface area contributed by atoms with Gasteiger partial charge < -0.3 is 20.3 Å². The van der Waals surface area contributed by atoms with Gasteiger partial charge in [-0.1, -0.05) is 229 Å². The number of ether oxygens (including phenoxy) is 1. The van der Waals surface area contributed by atoms with Crippen molar-refractivity contribution in [3.8, 4) is 0 Å². The molecule has 0 saturated heterocycles. The number of carbonyl (C=O) groups excluding carboxylic acids is 2. The van der Waals surface area contributed by atoms with Crippen LogP contribution in [-0.4, -0.2) is 46.9 Å². The van der Waals surface area contributed by atoms with Crippen LogP contribution in [0.1, 0.15) is 252 Å². The third-order valence-corrected chi connectivity index (χ3v) is 11.7. The molecule has 3 unspecified atom stereocenters. The lowest BCUT2D eigenvalue weighted by molar-refractivity contribution is -0.151. The van der Waals surface area contributed by atoms with Crippen LogP contribution >= 0.6 is 0 Å². The van der Waals surface area contributed by atoms with Gasteiger partial charge in [-0.05, 0) is 70.6 Å². The third-order valence-electron chi connectivity index (χ3n) is 11.7. The van der Waals surface area contributed by atoms with E-state index in [1.54, 1.807) is 0 Å². The van der Waals surface area contributed by atoms with Gasteiger partial charge in [0, 0.05) is 6.42 Å². The lowest BCUT2D eigenvalue weighted by Gasteiger charge is -2.24. The smallest absolute Gasteiger partial charge is 0.306 e. The fraction of sp³-hybridized carbons (Fsp3) is 0.782. The van der Waals surface area contributed by atoms with Gasteiger partial charge in [-0.15, -0.1) is 0 Å². The molecule has 3 atom stereocenters. The first-order chi connectivity index (χ1) is 30.0. The fourth-order valence-corrected chi connectivity index (χ4v) is 7.66. The van der Waals surface area contributed by atoms with Gasteiger partial charge in [-0.25, -0.2) is 0 Å². The summed E-state index contributed by atoms with van der Waals surface area (Å²) in [6.45, 7) is 6.40. The van der Waals surface area contributed by atoms with E-state index in [-0.39, 0.29) is 24.9 Å². The summed E-state index contributed by atoms with van der Waals surface area (Å²) in [5.74, 6) is -0.517. The molecule has 0 saturated carbocycles. The zero-order valence-corrected chi connectivity index (χ0v) is 40.3. The first kappa shape index (κ1) is 58.6. The van der Waals surface area contributed by atoms with Gasteiger partial charge >= 0.3 is 5.97 Å². The molecule has 0 aromatic heterocycles. The quantitative estimate of drug-likeness (QED) is 0.0245. The molecule has 6 heteroatoms. The molecule has 0 aliphatic rings. The largest absolute Gasteiger partial charge is 0.462 e. The van der Waals surface area contributed by atoms with E-state index in [1.165, 1.54) is 109 Å². The second kappa shape index (κ2) is 48.6. The monoisotopic (exact) mass is 854 g/mol. The van der Waals surface area contributed by atoms with E-state index < -0.39 is 18.2 Å². The van der Waals surface area contributed by atoms with Crippen molar-refractivity contribution in [2.75, 3.05) is 6.61 Å². The average Bonchev–Trinajstić information content (AvgIpc) is 3.25. The van der Waals surface area contributed by atoms with E-state index in [0.717, 1.165) is 96.3 Å². The molecule has 0 aromatic rings. The second-order valence-corrected chi connectivity index (χ2v) is 17.7. The van der Waals surface area contributed by atoms with Crippen molar-refractivity contribution in [1.82, 2.24) is 5.32 Å². The number of unbranched alkanes of at least 4 members (excludes halogenated alkanes) is 27. The van der Waals surface area contributed by atoms with Crippen LogP contribution in [0.3, 0.4) is 0 Å². The Morgan fingerprint density at radius 2 is 0.869 bits per heavy atom. The van der Waals surface area contributed by atoms with Crippen LogP contribution in [0, 0.1) is 0 Å². The summed E-state index contributed by atoms with van der Waals surface area (Å²) in [6.07, 6.45) is 59.9. The van der Waals surface area contributed by atoms with Gasteiger partial charge in [0.25, 0.3) is 0 Å². The van der Waals surface area contributed by atoms with E-state index in [0.29, 0.717) is 19.3 Å². The van der Waals surface area contributed by atoms with E-state index in [4.69, 9.17) is 4.74 Å². The number of amides is 1. The highest BCUT2D eigenvalue weighted by Gasteiger charge is 2.24. The highest BCUT2D eigenvalue weighted by Crippen LogP contribution is 2.17. The second-order valence-electron chi connectivity index (χ2n) is 17.7. The molecule has 354 valence electrons. The lowest BCUT2D eigenvalue weighted by Crippen LogP contribution is -2.46. The van der Waals surface area contributed by atoms with Crippen LogP contribution in [0.15, 0.2) is 60.8 Å². The SMILES string of the molecule is CCCC/C=C\CCCCCC(CC(=O)NC(CO)C(O)CCCCCCCCCCCCCCCCC)OC(=O)CCCCCCC/C=C/C=C/C=C/C=C/CCCCC. The number of hydrogen-bond donors (Lipinski definition) is 3. The number of carbonyl (C=O) groups is 2. The fourth-order valence-electron chi connectivity index (χ4n) is 7.66. The van der Waals surface area contributed by atoms with Crippen LogP contribution in [-0.2, 0) is 14.3 Å². The molecular formula is C55H99NO5. The van der Waals surface area contributed by atoms with Crippen molar-refractivity contribution >= 4 is 11.9 Å². The van der Waals surface area contributed by atoms with Crippen molar-refractivity contribution in [2.45, 2.75) is 270 Å². The molecule has 61 heavy (non-hydrogen) atoms. The standard InChI is InChI=1S/C55H99NO5/c1-4-7-10-13-16-19-21-23-25-26-27-29-31-33-36-39-42-45-48-55(60)61-51(46-43-40-37-34-18-15-12-9-6-3)49-54(59)56-52(50-57)53(58)47-44-41-38-35-32-30-28-24-22-20-17-14-11-8-5-2/h15-16,18-19,21,23,25-27,29,51-53,57-58H,4-14,17,20,22,24,28,30-50H2,1-3H3,(H,56,59)/b18-15-,19-16+,23-21+,26-25+,29-27+. The minimum Gasteiger partial charge on any atom is -0.462 e. The molecule has 0 fully saturated rings. The highest BCUT2D eigenvalue weighted by molar-refractivity contribution is 5.77. The molecular weight excluding hydrogens is 755 g/mol. The maximum absolute atomic E-state index is 13.2. The van der Waals surface area contributed by atoms with Gasteiger partial charge in [0.05, 0.1) is 25.2 Å². The summed E-state index contributed by atoms with van der Waals surface area (Å²) < 4.78 is 5.90. The number of hydrogen-bond acceptors (Lipinski definition) is 5. The zero-order chi connectivity index (χ0) is 44.5. The van der Waals surface area contributed by atoms with Gasteiger partial charge in [0.1, 0.15) is 6.10 Å². The van der Waals surface area contributed by atoms with Crippen LogP contribution in [0.4, 0.5) is 0 Å². The van der Waals surface area contributed by atoms with Crippen LogP contribution in [0.2, 0.25) is 0 Å². The predicted octanol–water partition coefficient (Wildman–Crippen LogP) is 15.6. The predicted molar refractivity (Wildman–Crippen MR) is 264 cm³/mol. The maximum atomic E-state index is 13.2. The summed E-state index contributed by atoms with van der Waals surface area (Å²) >= 11 is 0. The van der Waals surface area contributed by atoms with Crippen molar-refractivity contribution in [2.24, 2.45) is 0 Å². The van der Waals surface area contributed by atoms with E-state index in [2.05, 4.69) is 86.8 Å². The Bertz CT molecular complexity index is 1090. The lowest BCUT2D eigenvalue weighted by atomic mass is 10.0. The Kier molecular flexibility index (Phi) is 46.6. The van der Waals surface area contributed by atoms with Crippen molar-refractivity contribution in [3.63, 3.8) is 0 Å². The average molecular weight is 854 g/mol. The van der Waals surface area contributed by atoms with Crippen LogP contribution in [0.25, 0.3) is 0 Å². The van der Waals surface area contributed by atoms with Crippen molar-refractivity contribution in [1.29, 1.82) is 0 Å². The topological polar surface area (TPSA) is 95.9 Å². The Hall–Kier alpha value is -2.44. The minimum absolute atomic E-state index is 0.0556. The van der Waals surface area contributed by atoms with Gasteiger partial charge in [-0.3, -0.25) is 9.59 Å². The molecule has 0 aliphatic heterocycles. The van der Waals surface area contributed by atoms with Crippen LogP contribution in [0.5, 0.6) is 0 Å². The highest BCUT2D eigenvalue weighted by atomic mass is 16.5. The summed E-state index contributed by atoms with van der Waals surface area (Å²) in [7, 11) is 0. The number of allylic oxidation sites excluding steroid dienone is 10. The van der Waals surface area contributed by atoms with Gasteiger partial charge in [0.15, 0.2) is 0 Å². The normalized spacial score (nSPS) is 13.7. The summed E-state index contributed by atoms with van der Waals surface area (Å²) in [5.41, 5.74) is 0. The third kappa shape index (κ3) is 44.0. The first-order valence-electron chi connectivity index (χ1n) is 26.1. The van der Waals surface area contributed by atoms with E-state index in [1.807, 2.05) is 0 Å². The molecule has 0 spiro atoms. The molecule has 0 heterocycles. The first-order valence-corrected chi connectivity index (χ1v) is 26.1. The van der Waals surface area contributed by atoms with E-state index in [9.17, 15) is 19.8 Å². The van der Waals surface area contributed by atoms with Crippen molar-refractivity contribution < 1.29 is 24.5 Å². The molecule has 3 N–H and O–H groups in total. The Labute approximate surface area is 378 Å². The number of esters is 1. The van der Waals surface area contributed by atoms with Crippen LogP contribution < -0.4 is 5.32 Å². The Balaban J connectivity index is 4.50. The molecule has 0 aliphatic carbocycles. The molecule has 0 rings (SSSR count). The maximum Gasteiger partial charge on any atom is 0.306 e. The van der Waals surface area contributed by atoms with Gasteiger partial charge in [0.2, 0.25) is 5.91 Å². The number of aliphatic hydroxyl groups excluding tert-OH is 2. The summed E-state index contributed by atoms with van der Waals surface area (Å²) in [5, 5.41) is 23.7. The van der Waals surface area contributed by atoms with Crippen molar-refractivity contribution in [3.05, 3.63) is 60.8 Å². The summed E-state index contributed by atoms with van der Waals surface area (Å²) in [4.78, 5) is 26.1. The molecule has 1 amide bonds.